The Hall–Kier alpha value is -2.60. The Morgan fingerprint density at radius 1 is 1.19 bits per heavy atom. The fourth-order valence-corrected chi connectivity index (χ4v) is 2.54. The van der Waals surface area contributed by atoms with Gasteiger partial charge in [-0.3, -0.25) is 24.3 Å². The first-order valence-electron chi connectivity index (χ1n) is 6.08. The van der Waals surface area contributed by atoms with Crippen molar-refractivity contribution in [2.75, 3.05) is 5.73 Å². The minimum absolute atomic E-state index is 0.00262. The Balaban J connectivity index is 2.39. The lowest BCUT2D eigenvalue weighted by molar-refractivity contribution is 0.0880. The van der Waals surface area contributed by atoms with Crippen molar-refractivity contribution in [1.29, 1.82) is 0 Å². The summed E-state index contributed by atoms with van der Waals surface area (Å²) in [5, 5.41) is 2.47. The number of aromatic nitrogens is 1. The van der Waals surface area contributed by atoms with Gasteiger partial charge in [-0.1, -0.05) is 23.7 Å². The van der Waals surface area contributed by atoms with E-state index in [0.717, 1.165) is 16.2 Å². The lowest BCUT2D eigenvalue weighted by atomic mass is 10.1. The van der Waals surface area contributed by atoms with Crippen LogP contribution in [0.5, 0.6) is 0 Å². The van der Waals surface area contributed by atoms with E-state index in [1.165, 1.54) is 0 Å². The number of aryl methyl sites for hydroxylation is 1. The maximum Gasteiger partial charge on any atom is 0.262 e. The molecule has 0 atom stereocenters. The molecule has 0 saturated heterocycles. The topological polar surface area (TPSA) is 94.2 Å². The Labute approximate surface area is 124 Å². The number of hydrogen-bond acceptors (Lipinski definition) is 4. The average molecular weight is 304 g/mol. The highest BCUT2D eigenvalue weighted by atomic mass is 35.5. The number of nitrogens with one attached hydrogen (secondary N) is 1. The molecular formula is C14H10ClN3O3. The molecule has 0 fully saturated rings. The zero-order valence-corrected chi connectivity index (χ0v) is 11.7. The minimum Gasteiger partial charge on any atom is -0.384 e. The van der Waals surface area contributed by atoms with E-state index < -0.39 is 17.4 Å². The SMILES string of the molecule is Cc1cccc(-n2c(N)c3c(cc2=O)C(=O)NC3=O)c1Cl. The van der Waals surface area contributed by atoms with Crippen LogP contribution in [-0.2, 0) is 0 Å². The van der Waals surface area contributed by atoms with E-state index in [2.05, 4.69) is 5.32 Å². The number of pyridine rings is 1. The summed E-state index contributed by atoms with van der Waals surface area (Å²) >= 11 is 6.20. The normalized spacial score (nSPS) is 13.2. The van der Waals surface area contributed by atoms with Gasteiger partial charge in [-0.05, 0) is 18.6 Å². The summed E-state index contributed by atoms with van der Waals surface area (Å²) in [7, 11) is 0. The Morgan fingerprint density at radius 3 is 2.62 bits per heavy atom. The third kappa shape index (κ3) is 1.84. The van der Waals surface area contributed by atoms with Crippen molar-refractivity contribution in [3.63, 3.8) is 0 Å². The molecule has 0 radical (unpaired) electrons. The van der Waals surface area contributed by atoms with Gasteiger partial charge in [-0.25, -0.2) is 0 Å². The lowest BCUT2D eigenvalue weighted by Crippen LogP contribution is -2.24. The van der Waals surface area contributed by atoms with Gasteiger partial charge >= 0.3 is 0 Å². The van der Waals surface area contributed by atoms with E-state index in [4.69, 9.17) is 17.3 Å². The van der Waals surface area contributed by atoms with Gasteiger partial charge in [0.15, 0.2) is 0 Å². The zero-order chi connectivity index (χ0) is 15.3. The number of nitrogens with zero attached hydrogens (tertiary/aromatic N) is 1. The summed E-state index contributed by atoms with van der Waals surface area (Å²) in [6.07, 6.45) is 0. The molecule has 6 nitrogen and oxygen atoms in total. The number of benzene rings is 1. The maximum absolute atomic E-state index is 12.2. The van der Waals surface area contributed by atoms with E-state index >= 15 is 0 Å². The molecule has 0 bridgehead atoms. The predicted molar refractivity (Wildman–Crippen MR) is 78.0 cm³/mol. The van der Waals surface area contributed by atoms with Gasteiger partial charge in [0, 0.05) is 6.07 Å². The van der Waals surface area contributed by atoms with Crippen molar-refractivity contribution < 1.29 is 9.59 Å². The number of halogens is 1. The summed E-state index contributed by atoms with van der Waals surface area (Å²) in [5.74, 6) is -1.35. The monoisotopic (exact) mass is 303 g/mol. The standard InChI is InChI=1S/C14H10ClN3O3/c1-6-3-2-4-8(11(6)15)18-9(19)5-7-10(12(18)16)14(21)17-13(7)20/h2-5H,16H2,1H3,(H,17,20,21). The molecule has 1 aromatic carbocycles. The largest absolute Gasteiger partial charge is 0.384 e. The molecule has 0 unspecified atom stereocenters. The molecule has 1 aliphatic rings. The number of rotatable bonds is 1. The summed E-state index contributed by atoms with van der Waals surface area (Å²) < 4.78 is 1.13. The summed E-state index contributed by atoms with van der Waals surface area (Å²) in [4.78, 5) is 35.6. The smallest absolute Gasteiger partial charge is 0.262 e. The van der Waals surface area contributed by atoms with Crippen LogP contribution in [-0.4, -0.2) is 16.4 Å². The number of nitrogen functional groups attached to an aromatic ring is 1. The second kappa shape index (κ2) is 4.46. The van der Waals surface area contributed by atoms with Crippen molar-refractivity contribution in [3.8, 4) is 5.69 Å². The van der Waals surface area contributed by atoms with Crippen LogP contribution >= 0.6 is 11.6 Å². The summed E-state index contributed by atoms with van der Waals surface area (Å²) in [6, 6.07) is 6.22. The van der Waals surface area contributed by atoms with E-state index in [9.17, 15) is 14.4 Å². The first kappa shape index (κ1) is 13.4. The molecule has 7 heteroatoms. The van der Waals surface area contributed by atoms with Crippen molar-refractivity contribution in [3.05, 3.63) is 56.3 Å². The Kier molecular flexibility index (Phi) is 2.84. The molecule has 0 spiro atoms. The molecule has 0 aliphatic carbocycles. The zero-order valence-electron chi connectivity index (χ0n) is 10.9. The molecule has 21 heavy (non-hydrogen) atoms. The molecule has 2 amide bonds. The highest BCUT2D eigenvalue weighted by Crippen LogP contribution is 2.28. The average Bonchev–Trinajstić information content (AvgIpc) is 2.69. The Morgan fingerprint density at radius 2 is 1.90 bits per heavy atom. The van der Waals surface area contributed by atoms with Crippen molar-refractivity contribution in [2.45, 2.75) is 6.92 Å². The van der Waals surface area contributed by atoms with Gasteiger partial charge in [0.2, 0.25) is 0 Å². The van der Waals surface area contributed by atoms with Crippen LogP contribution in [0.1, 0.15) is 26.3 Å². The number of carbonyl (C=O) groups excluding carboxylic acids is 2. The van der Waals surface area contributed by atoms with E-state index in [0.29, 0.717) is 10.7 Å². The van der Waals surface area contributed by atoms with Crippen LogP contribution in [0.3, 0.4) is 0 Å². The van der Waals surface area contributed by atoms with Crippen molar-refractivity contribution in [2.24, 2.45) is 0 Å². The van der Waals surface area contributed by atoms with Crippen LogP contribution in [0.25, 0.3) is 5.69 Å². The third-order valence-electron chi connectivity index (χ3n) is 3.37. The van der Waals surface area contributed by atoms with Gasteiger partial charge in [0.25, 0.3) is 17.4 Å². The molecule has 0 saturated carbocycles. The fourth-order valence-electron chi connectivity index (χ4n) is 2.33. The molecule has 3 N–H and O–H groups in total. The van der Waals surface area contributed by atoms with Gasteiger partial charge in [0.05, 0.1) is 21.8 Å². The second-order valence-electron chi connectivity index (χ2n) is 4.68. The predicted octanol–water partition coefficient (Wildman–Crippen LogP) is 1.27. The van der Waals surface area contributed by atoms with Crippen molar-refractivity contribution >= 4 is 29.2 Å². The molecular weight excluding hydrogens is 294 g/mol. The van der Waals surface area contributed by atoms with Crippen LogP contribution in [0.4, 0.5) is 5.82 Å². The van der Waals surface area contributed by atoms with E-state index in [-0.39, 0.29) is 16.9 Å². The summed E-state index contributed by atoms with van der Waals surface area (Å²) in [5.41, 5.74) is 6.53. The number of anilines is 1. The number of hydrogen-bond donors (Lipinski definition) is 2. The number of fused-ring (bicyclic) bond motifs is 1. The minimum atomic E-state index is -0.624. The highest BCUT2D eigenvalue weighted by molar-refractivity contribution is 6.33. The second-order valence-corrected chi connectivity index (χ2v) is 5.06. The first-order chi connectivity index (χ1) is 9.91. The molecule has 1 aromatic heterocycles. The van der Waals surface area contributed by atoms with Gasteiger partial charge < -0.3 is 5.73 Å². The number of carbonyl (C=O) groups is 2. The van der Waals surface area contributed by atoms with Gasteiger partial charge in [0.1, 0.15) is 5.82 Å². The number of amides is 2. The van der Waals surface area contributed by atoms with Gasteiger partial charge in [-0.2, -0.15) is 0 Å². The molecule has 1 aliphatic heterocycles. The highest BCUT2D eigenvalue weighted by Gasteiger charge is 2.32. The van der Waals surface area contributed by atoms with Crippen LogP contribution in [0.2, 0.25) is 5.02 Å². The molecule has 3 rings (SSSR count). The fraction of sp³-hybridized carbons (Fsp3) is 0.0714. The third-order valence-corrected chi connectivity index (χ3v) is 3.86. The quantitative estimate of drug-likeness (QED) is 0.776. The number of imide groups is 1. The first-order valence-corrected chi connectivity index (χ1v) is 6.46. The number of nitrogens with two attached hydrogens (primary N) is 1. The molecule has 2 aromatic rings. The van der Waals surface area contributed by atoms with Crippen LogP contribution in [0, 0.1) is 6.92 Å². The summed E-state index contributed by atoms with van der Waals surface area (Å²) in [6.45, 7) is 1.79. The van der Waals surface area contributed by atoms with Crippen LogP contribution in [0.15, 0.2) is 29.1 Å². The lowest BCUT2D eigenvalue weighted by Gasteiger charge is -2.14. The Bertz CT molecular complexity index is 870. The van der Waals surface area contributed by atoms with E-state index in [1.807, 2.05) is 0 Å². The van der Waals surface area contributed by atoms with Crippen LogP contribution < -0.4 is 16.6 Å². The maximum atomic E-state index is 12.2. The molecule has 2 heterocycles. The van der Waals surface area contributed by atoms with Gasteiger partial charge in [-0.15, -0.1) is 0 Å². The van der Waals surface area contributed by atoms with E-state index in [1.54, 1.807) is 25.1 Å². The van der Waals surface area contributed by atoms with Crippen molar-refractivity contribution in [1.82, 2.24) is 9.88 Å². The molecule has 106 valence electrons.